The highest BCUT2D eigenvalue weighted by Crippen LogP contribution is 2.44. The molecule has 0 aliphatic carbocycles. The van der Waals surface area contributed by atoms with Crippen molar-refractivity contribution in [3.63, 3.8) is 0 Å². The second-order valence-corrected chi connectivity index (χ2v) is 11.0. The minimum atomic E-state index is -1.81. The molecular weight excluding hydrogens is 616 g/mol. The molecule has 16 heteroatoms. The molecule has 0 spiro atoms. The summed E-state index contributed by atoms with van der Waals surface area (Å²) in [5.41, 5.74) is 0.802. The number of ether oxygens (including phenoxy) is 8. The van der Waals surface area contributed by atoms with Crippen LogP contribution in [0.5, 0.6) is 28.7 Å². The Balaban J connectivity index is 1.35. The lowest BCUT2D eigenvalue weighted by molar-refractivity contribution is -0.352. The number of ketones is 1. The van der Waals surface area contributed by atoms with Crippen LogP contribution in [0.3, 0.4) is 0 Å². The van der Waals surface area contributed by atoms with Gasteiger partial charge in [0.1, 0.15) is 89.2 Å². The van der Waals surface area contributed by atoms with Gasteiger partial charge in [-0.1, -0.05) is 0 Å². The van der Waals surface area contributed by atoms with Gasteiger partial charge in [0, 0.05) is 23.8 Å². The highest BCUT2D eigenvalue weighted by Gasteiger charge is 2.51. The number of hydrogen-bond acceptors (Lipinski definition) is 16. The monoisotopic (exact) mass is 654 g/mol. The van der Waals surface area contributed by atoms with Gasteiger partial charge in [0.15, 0.2) is 12.1 Å². The lowest BCUT2D eigenvalue weighted by Gasteiger charge is -2.45. The van der Waals surface area contributed by atoms with Crippen LogP contribution in [-0.4, -0.2) is 137 Å². The Morgan fingerprint density at radius 1 is 0.739 bits per heavy atom. The molecule has 2 aromatic carbocycles. The molecule has 0 aromatic heterocycles. The zero-order valence-electron chi connectivity index (χ0n) is 25.2. The third-order valence-corrected chi connectivity index (χ3v) is 8.18. The van der Waals surface area contributed by atoms with E-state index in [0.29, 0.717) is 22.6 Å². The molecule has 2 saturated heterocycles. The molecule has 3 aliphatic rings. The smallest absolute Gasteiger partial charge is 0.229 e. The molecule has 0 saturated carbocycles. The first kappa shape index (κ1) is 34.1. The fourth-order valence-electron chi connectivity index (χ4n) is 5.66. The summed E-state index contributed by atoms with van der Waals surface area (Å²) in [7, 11) is 4.32. The number of aliphatic hydroxyl groups is 7. The van der Waals surface area contributed by atoms with E-state index in [1.807, 2.05) is 0 Å². The average Bonchev–Trinajstić information content (AvgIpc) is 3.06. The third-order valence-electron chi connectivity index (χ3n) is 8.18. The number of aliphatic hydroxyl groups excluding tert-OH is 7. The zero-order chi connectivity index (χ0) is 33.3. The Morgan fingerprint density at radius 2 is 1.39 bits per heavy atom. The number of hydrogen-bond donors (Lipinski definition) is 7. The van der Waals surface area contributed by atoms with Crippen molar-refractivity contribution in [2.24, 2.45) is 0 Å². The van der Waals surface area contributed by atoms with E-state index in [-0.39, 0.29) is 29.5 Å². The molecule has 16 nitrogen and oxygen atoms in total. The van der Waals surface area contributed by atoms with Gasteiger partial charge in [-0.25, -0.2) is 0 Å². The highest BCUT2D eigenvalue weighted by atomic mass is 16.7. The van der Waals surface area contributed by atoms with Gasteiger partial charge in [-0.15, -0.1) is 0 Å². The first-order chi connectivity index (χ1) is 22.0. The molecule has 46 heavy (non-hydrogen) atoms. The SMILES string of the molecule is COc1cc(OC)c2c(c1)OC(c1ccc(OC3OC(CO)C(O)C(OC4OC(CO)C(O)C(O)C4O)C3O)cc1OC)CC2=O. The van der Waals surface area contributed by atoms with Crippen LogP contribution in [0.2, 0.25) is 0 Å². The Morgan fingerprint density at radius 3 is 2.04 bits per heavy atom. The number of benzene rings is 2. The van der Waals surface area contributed by atoms with Crippen molar-refractivity contribution >= 4 is 5.78 Å². The third kappa shape index (κ3) is 6.46. The van der Waals surface area contributed by atoms with E-state index in [2.05, 4.69) is 0 Å². The lowest BCUT2D eigenvalue weighted by atomic mass is 9.94. The van der Waals surface area contributed by atoms with Gasteiger partial charge in [0.05, 0.1) is 41.0 Å². The summed E-state index contributed by atoms with van der Waals surface area (Å²) >= 11 is 0. The van der Waals surface area contributed by atoms with Crippen LogP contribution in [0.4, 0.5) is 0 Å². The van der Waals surface area contributed by atoms with Crippen LogP contribution in [0.1, 0.15) is 28.4 Å². The number of rotatable bonds is 10. The summed E-state index contributed by atoms with van der Waals surface area (Å²) in [4.78, 5) is 13.1. The second kappa shape index (κ2) is 14.2. The minimum absolute atomic E-state index is 0.0241. The number of Topliss-reactive ketones (excluding diaryl/α,β-unsaturated/α-hetero) is 1. The molecule has 5 rings (SSSR count). The molecule has 254 valence electrons. The molecule has 0 radical (unpaired) electrons. The molecule has 2 aromatic rings. The fourth-order valence-corrected chi connectivity index (χ4v) is 5.66. The van der Waals surface area contributed by atoms with Crippen LogP contribution < -0.4 is 23.7 Å². The van der Waals surface area contributed by atoms with Gasteiger partial charge in [-0.2, -0.15) is 0 Å². The van der Waals surface area contributed by atoms with Gasteiger partial charge in [0.2, 0.25) is 6.29 Å². The van der Waals surface area contributed by atoms with Gasteiger partial charge in [0.25, 0.3) is 0 Å². The molecule has 7 N–H and O–H groups in total. The van der Waals surface area contributed by atoms with Crippen molar-refractivity contribution in [1.82, 2.24) is 0 Å². The highest BCUT2D eigenvalue weighted by molar-refractivity contribution is 6.03. The summed E-state index contributed by atoms with van der Waals surface area (Å²) in [5.74, 6) is 1.20. The molecule has 0 bridgehead atoms. The minimum Gasteiger partial charge on any atom is -0.496 e. The number of carbonyl (C=O) groups excluding carboxylic acids is 1. The van der Waals surface area contributed by atoms with Gasteiger partial charge in [-0.3, -0.25) is 4.79 Å². The van der Waals surface area contributed by atoms with Gasteiger partial charge in [-0.05, 0) is 12.1 Å². The lowest BCUT2D eigenvalue weighted by Crippen LogP contribution is -2.65. The van der Waals surface area contributed by atoms with Crippen molar-refractivity contribution in [2.45, 2.75) is 73.9 Å². The van der Waals surface area contributed by atoms with Crippen LogP contribution >= 0.6 is 0 Å². The normalized spacial score (nSPS) is 34.3. The Bertz CT molecular complexity index is 1370. The van der Waals surface area contributed by atoms with E-state index in [0.717, 1.165) is 0 Å². The molecule has 3 heterocycles. The predicted octanol–water partition coefficient (Wildman–Crippen LogP) is -1.58. The van der Waals surface area contributed by atoms with Crippen molar-refractivity contribution in [3.8, 4) is 28.7 Å². The predicted molar refractivity (Wildman–Crippen MR) is 152 cm³/mol. The van der Waals surface area contributed by atoms with Gasteiger partial charge < -0.3 is 73.6 Å². The number of carbonyl (C=O) groups is 1. The van der Waals surface area contributed by atoms with Crippen molar-refractivity contribution in [3.05, 3.63) is 41.5 Å². The average molecular weight is 655 g/mol. The Labute approximate surface area is 263 Å². The van der Waals surface area contributed by atoms with E-state index < -0.39 is 80.7 Å². The number of fused-ring (bicyclic) bond motifs is 1. The van der Waals surface area contributed by atoms with E-state index in [1.165, 1.54) is 33.5 Å². The van der Waals surface area contributed by atoms with Crippen molar-refractivity contribution in [2.75, 3.05) is 34.5 Å². The fraction of sp³-hybridized carbons (Fsp3) is 0.567. The Kier molecular flexibility index (Phi) is 10.5. The van der Waals surface area contributed by atoms with Crippen LogP contribution in [0.25, 0.3) is 0 Å². The molecule has 2 fully saturated rings. The summed E-state index contributed by atoms with van der Waals surface area (Å²) in [6.07, 6.45) is -16.8. The first-order valence-electron chi connectivity index (χ1n) is 14.4. The maximum Gasteiger partial charge on any atom is 0.229 e. The standard InChI is InChI=1S/C30H38O16/c1-39-13-7-18(41-3)22-15(33)9-17(43-19(22)8-13)14-5-4-12(6-16(14)40-2)42-30-27(38)28(24(35)21(11-32)45-30)46-29-26(37)25(36)23(34)20(10-31)44-29/h4-8,17,20-21,23-32,34-38H,9-11H2,1-3H3. The maximum atomic E-state index is 13.1. The summed E-state index contributed by atoms with van der Waals surface area (Å²) in [6.45, 7) is -1.43. The Hall–Kier alpha value is -3.29. The molecule has 11 unspecified atom stereocenters. The molecule has 0 amide bonds. The maximum absolute atomic E-state index is 13.1. The molecule has 3 aliphatic heterocycles. The van der Waals surface area contributed by atoms with Crippen molar-refractivity contribution in [1.29, 1.82) is 0 Å². The summed E-state index contributed by atoms with van der Waals surface area (Å²) < 4.78 is 44.8. The van der Waals surface area contributed by atoms with Crippen molar-refractivity contribution < 1.29 is 78.4 Å². The molecular formula is C30H38O16. The second-order valence-electron chi connectivity index (χ2n) is 11.0. The van der Waals surface area contributed by atoms with Crippen LogP contribution in [0, 0.1) is 0 Å². The van der Waals surface area contributed by atoms with E-state index in [9.17, 15) is 40.5 Å². The van der Waals surface area contributed by atoms with Crippen LogP contribution in [0.15, 0.2) is 30.3 Å². The van der Waals surface area contributed by atoms with Gasteiger partial charge >= 0.3 is 0 Å². The summed E-state index contributed by atoms with van der Waals surface area (Å²) in [5, 5.41) is 71.7. The first-order valence-corrected chi connectivity index (χ1v) is 14.4. The largest absolute Gasteiger partial charge is 0.496 e. The van der Waals surface area contributed by atoms with E-state index in [4.69, 9.17) is 37.9 Å². The summed E-state index contributed by atoms with van der Waals surface area (Å²) in [6, 6.07) is 7.75. The van der Waals surface area contributed by atoms with E-state index >= 15 is 0 Å². The van der Waals surface area contributed by atoms with Crippen LogP contribution in [-0.2, 0) is 14.2 Å². The number of methoxy groups -OCH3 is 3. The topological polar surface area (TPSA) is 233 Å². The quantitative estimate of drug-likeness (QED) is 0.153. The zero-order valence-corrected chi connectivity index (χ0v) is 25.2. The molecule has 11 atom stereocenters. The van der Waals surface area contributed by atoms with E-state index in [1.54, 1.807) is 18.2 Å².